The van der Waals surface area contributed by atoms with Crippen LogP contribution in [0.1, 0.15) is 19.8 Å². The lowest BCUT2D eigenvalue weighted by atomic mass is 10.1. The normalized spacial score (nSPS) is 19.5. The van der Waals surface area contributed by atoms with Gasteiger partial charge in [-0.15, -0.1) is 0 Å². The second-order valence-electron chi connectivity index (χ2n) is 4.87. The molecular formula is C11H21N3O5S. The van der Waals surface area contributed by atoms with Crippen LogP contribution in [0, 0.1) is 0 Å². The van der Waals surface area contributed by atoms with Crippen LogP contribution >= 0.6 is 0 Å². The van der Waals surface area contributed by atoms with Crippen molar-refractivity contribution in [1.29, 1.82) is 0 Å². The van der Waals surface area contributed by atoms with E-state index >= 15 is 0 Å². The molecule has 1 unspecified atom stereocenters. The molecule has 0 radical (unpaired) electrons. The van der Waals surface area contributed by atoms with E-state index in [1.165, 1.54) is 0 Å². The van der Waals surface area contributed by atoms with Gasteiger partial charge in [0.05, 0.1) is 6.54 Å². The minimum Gasteiger partial charge on any atom is -0.480 e. The summed E-state index contributed by atoms with van der Waals surface area (Å²) in [4.78, 5) is 23.9. The number of nitrogens with zero attached hydrogens (tertiary/aromatic N) is 1. The number of carbonyl (C=O) groups excluding carboxylic acids is 1. The van der Waals surface area contributed by atoms with Gasteiger partial charge in [-0.25, -0.2) is 13.1 Å². The van der Waals surface area contributed by atoms with Crippen molar-refractivity contribution in [3.8, 4) is 0 Å². The average molecular weight is 307 g/mol. The molecule has 0 bridgehead atoms. The number of piperidine rings is 1. The second-order valence-corrected chi connectivity index (χ2v) is 6.90. The first-order chi connectivity index (χ1) is 9.26. The molecule has 1 amide bonds. The van der Waals surface area contributed by atoms with Crippen LogP contribution in [0.3, 0.4) is 0 Å². The fraction of sp³-hybridized carbons (Fsp3) is 0.818. The number of carboxylic acid groups (broad SMARTS) is 1. The van der Waals surface area contributed by atoms with E-state index in [0.29, 0.717) is 32.5 Å². The first-order valence-corrected chi connectivity index (χ1v) is 7.97. The Morgan fingerprint density at radius 2 is 1.90 bits per heavy atom. The van der Waals surface area contributed by atoms with Gasteiger partial charge in [0.1, 0.15) is 0 Å². The number of sulfonamides is 1. The SMILES string of the molecule is CNC(=O)CN1CCC(NS(=O)(=O)C(C)C(=O)O)CC1. The third kappa shape index (κ3) is 4.73. The van der Waals surface area contributed by atoms with Crippen LogP contribution in [0.2, 0.25) is 0 Å². The minimum absolute atomic E-state index is 0.0801. The molecule has 1 aliphatic rings. The van der Waals surface area contributed by atoms with Crippen molar-refractivity contribution < 1.29 is 23.1 Å². The smallest absolute Gasteiger partial charge is 0.323 e. The summed E-state index contributed by atoms with van der Waals surface area (Å²) in [7, 11) is -2.29. The van der Waals surface area contributed by atoms with Crippen molar-refractivity contribution in [3.05, 3.63) is 0 Å². The zero-order valence-electron chi connectivity index (χ0n) is 11.6. The molecule has 0 aromatic carbocycles. The van der Waals surface area contributed by atoms with E-state index in [1.807, 2.05) is 4.90 Å². The Morgan fingerprint density at radius 3 is 2.35 bits per heavy atom. The highest BCUT2D eigenvalue weighted by atomic mass is 32.2. The summed E-state index contributed by atoms with van der Waals surface area (Å²) in [6.45, 7) is 2.64. The molecule has 0 aromatic rings. The van der Waals surface area contributed by atoms with Gasteiger partial charge in [0.2, 0.25) is 15.9 Å². The van der Waals surface area contributed by atoms with Crippen LogP contribution in [0.4, 0.5) is 0 Å². The monoisotopic (exact) mass is 307 g/mol. The van der Waals surface area contributed by atoms with Gasteiger partial charge in [-0.3, -0.25) is 14.5 Å². The number of nitrogens with one attached hydrogen (secondary N) is 2. The molecule has 0 saturated carbocycles. The molecule has 1 rings (SSSR count). The fourth-order valence-electron chi connectivity index (χ4n) is 1.96. The van der Waals surface area contributed by atoms with Crippen molar-refractivity contribution in [2.75, 3.05) is 26.7 Å². The largest absolute Gasteiger partial charge is 0.480 e. The zero-order chi connectivity index (χ0) is 15.3. The Balaban J connectivity index is 2.46. The zero-order valence-corrected chi connectivity index (χ0v) is 12.4. The third-order valence-electron chi connectivity index (χ3n) is 3.38. The number of carbonyl (C=O) groups is 2. The van der Waals surface area contributed by atoms with Crippen LogP contribution < -0.4 is 10.0 Å². The predicted octanol–water partition coefficient (Wildman–Crippen LogP) is -1.41. The van der Waals surface area contributed by atoms with Gasteiger partial charge in [0.25, 0.3) is 0 Å². The number of aliphatic carboxylic acids is 1. The predicted molar refractivity (Wildman–Crippen MR) is 72.7 cm³/mol. The molecule has 0 spiro atoms. The van der Waals surface area contributed by atoms with Gasteiger partial charge in [0.15, 0.2) is 5.25 Å². The van der Waals surface area contributed by atoms with E-state index in [-0.39, 0.29) is 11.9 Å². The Bertz CT molecular complexity index is 457. The molecular weight excluding hydrogens is 286 g/mol. The topological polar surface area (TPSA) is 116 Å². The van der Waals surface area contributed by atoms with Crippen LogP contribution in [0.5, 0.6) is 0 Å². The summed E-state index contributed by atoms with van der Waals surface area (Å²) in [5, 5.41) is 9.81. The van der Waals surface area contributed by atoms with Crippen molar-refractivity contribution >= 4 is 21.9 Å². The van der Waals surface area contributed by atoms with Crippen molar-refractivity contribution in [2.24, 2.45) is 0 Å². The quantitative estimate of drug-likeness (QED) is 0.555. The maximum atomic E-state index is 11.8. The van der Waals surface area contributed by atoms with E-state index in [4.69, 9.17) is 5.11 Å². The molecule has 1 heterocycles. The molecule has 1 aliphatic heterocycles. The first kappa shape index (κ1) is 16.9. The number of rotatable bonds is 6. The maximum Gasteiger partial charge on any atom is 0.323 e. The van der Waals surface area contributed by atoms with Gasteiger partial charge in [-0.2, -0.15) is 0 Å². The van der Waals surface area contributed by atoms with Crippen molar-refractivity contribution in [3.63, 3.8) is 0 Å². The number of likely N-dealkylation sites (tertiary alicyclic amines) is 1. The highest BCUT2D eigenvalue weighted by Gasteiger charge is 2.31. The van der Waals surface area contributed by atoms with E-state index in [0.717, 1.165) is 6.92 Å². The summed E-state index contributed by atoms with van der Waals surface area (Å²) < 4.78 is 26.0. The Kier molecular flexibility index (Phi) is 5.90. The Labute approximate surface area is 118 Å². The molecule has 0 aliphatic carbocycles. The van der Waals surface area contributed by atoms with Gasteiger partial charge >= 0.3 is 5.97 Å². The van der Waals surface area contributed by atoms with Crippen LogP contribution in [-0.2, 0) is 19.6 Å². The summed E-state index contributed by atoms with van der Waals surface area (Å²) in [6, 6.07) is -0.275. The summed E-state index contributed by atoms with van der Waals surface area (Å²) in [5.41, 5.74) is 0. The molecule has 1 saturated heterocycles. The number of hydrogen-bond acceptors (Lipinski definition) is 5. The summed E-state index contributed by atoms with van der Waals surface area (Å²) >= 11 is 0. The lowest BCUT2D eigenvalue weighted by Gasteiger charge is -2.31. The number of likely N-dealkylation sites (N-methyl/N-ethyl adjacent to an activating group) is 1. The lowest BCUT2D eigenvalue weighted by Crippen LogP contribution is -2.49. The number of hydrogen-bond donors (Lipinski definition) is 3. The van der Waals surface area contributed by atoms with Crippen LogP contribution in [-0.4, -0.2) is 68.3 Å². The second kappa shape index (κ2) is 7.00. The van der Waals surface area contributed by atoms with Gasteiger partial charge < -0.3 is 10.4 Å². The van der Waals surface area contributed by atoms with Gasteiger partial charge in [0, 0.05) is 26.2 Å². The highest BCUT2D eigenvalue weighted by molar-refractivity contribution is 7.90. The summed E-state index contributed by atoms with van der Waals surface area (Å²) in [6.07, 6.45) is 1.12. The van der Waals surface area contributed by atoms with Crippen LogP contribution in [0.25, 0.3) is 0 Å². The third-order valence-corrected chi connectivity index (χ3v) is 5.17. The van der Waals surface area contributed by atoms with Crippen molar-refractivity contribution in [1.82, 2.24) is 14.9 Å². The van der Waals surface area contributed by atoms with Gasteiger partial charge in [-0.05, 0) is 19.8 Å². The molecule has 0 aromatic heterocycles. The molecule has 1 atom stereocenters. The Hall–Kier alpha value is -1.19. The molecule has 3 N–H and O–H groups in total. The fourth-order valence-corrected chi connectivity index (χ4v) is 3.13. The molecule has 1 fully saturated rings. The number of amides is 1. The first-order valence-electron chi connectivity index (χ1n) is 6.43. The number of carboxylic acids is 1. The van der Waals surface area contributed by atoms with Gasteiger partial charge in [-0.1, -0.05) is 0 Å². The molecule has 8 nitrogen and oxygen atoms in total. The van der Waals surface area contributed by atoms with Crippen molar-refractivity contribution in [2.45, 2.75) is 31.1 Å². The average Bonchev–Trinajstić information content (AvgIpc) is 2.39. The molecule has 20 heavy (non-hydrogen) atoms. The molecule has 116 valence electrons. The minimum atomic E-state index is -3.85. The highest BCUT2D eigenvalue weighted by Crippen LogP contribution is 2.12. The van der Waals surface area contributed by atoms with E-state index in [1.54, 1.807) is 7.05 Å². The van der Waals surface area contributed by atoms with E-state index < -0.39 is 21.2 Å². The maximum absolute atomic E-state index is 11.8. The lowest BCUT2D eigenvalue weighted by molar-refractivity contribution is -0.136. The standard InChI is InChI=1S/C11H21N3O5S/c1-8(11(16)17)20(18,19)13-9-3-5-14(6-4-9)7-10(15)12-2/h8-9,13H,3-7H2,1-2H3,(H,12,15)(H,16,17). The van der Waals surface area contributed by atoms with Crippen LogP contribution in [0.15, 0.2) is 0 Å². The van der Waals surface area contributed by atoms with E-state index in [9.17, 15) is 18.0 Å². The molecule has 9 heteroatoms. The van der Waals surface area contributed by atoms with E-state index in [2.05, 4.69) is 10.0 Å². The Morgan fingerprint density at radius 1 is 1.35 bits per heavy atom. The summed E-state index contributed by atoms with van der Waals surface area (Å²) in [5.74, 6) is -1.45.